The molecule has 0 fully saturated rings. The highest BCUT2D eigenvalue weighted by atomic mass is 19.4. The molecule has 0 saturated heterocycles. The highest BCUT2D eigenvalue weighted by Crippen LogP contribution is 2.49. The Bertz CT molecular complexity index is 1100. The Balaban J connectivity index is 1.91. The minimum atomic E-state index is -4.63. The number of Topliss-reactive ketones (excluding diaryl/α,β-unsaturated/α-hetero) is 1. The van der Waals surface area contributed by atoms with E-state index in [1.54, 1.807) is 31.4 Å². The lowest BCUT2D eigenvalue weighted by molar-refractivity contribution is -0.137. The van der Waals surface area contributed by atoms with Gasteiger partial charge in [0.1, 0.15) is 5.75 Å². The van der Waals surface area contributed by atoms with Gasteiger partial charge in [0, 0.05) is 30.0 Å². The monoisotopic (exact) mass is 443 g/mol. The zero-order valence-corrected chi connectivity index (χ0v) is 18.1. The van der Waals surface area contributed by atoms with E-state index >= 15 is 0 Å². The first-order chi connectivity index (χ1) is 15.0. The average molecular weight is 443 g/mol. The topological polar surface area (TPSA) is 46.6 Å². The van der Waals surface area contributed by atoms with Gasteiger partial charge in [0.15, 0.2) is 5.78 Å². The minimum Gasteiger partial charge on any atom is -0.497 e. The molecule has 1 aliphatic heterocycles. The fourth-order valence-corrected chi connectivity index (χ4v) is 4.72. The van der Waals surface area contributed by atoms with Crippen LogP contribution in [0.25, 0.3) is 0 Å². The zero-order chi connectivity index (χ0) is 23.3. The Kier molecular flexibility index (Phi) is 5.39. The predicted molar refractivity (Wildman–Crippen MR) is 114 cm³/mol. The Morgan fingerprint density at radius 2 is 1.66 bits per heavy atom. The van der Waals surface area contributed by atoms with Crippen molar-refractivity contribution in [2.75, 3.05) is 12.0 Å². The summed E-state index contributed by atoms with van der Waals surface area (Å²) in [5.74, 6) is -0.436. The van der Waals surface area contributed by atoms with Crippen LogP contribution in [0.1, 0.15) is 50.2 Å². The molecule has 1 amide bonds. The average Bonchev–Trinajstić information content (AvgIpc) is 2.71. The van der Waals surface area contributed by atoms with Crippen LogP contribution in [0, 0.1) is 5.41 Å². The third-order valence-corrected chi connectivity index (χ3v) is 6.11. The molecule has 0 N–H and O–H groups in total. The summed E-state index contributed by atoms with van der Waals surface area (Å²) in [5.41, 5.74) is -0.00618. The molecule has 2 aromatic rings. The fourth-order valence-electron chi connectivity index (χ4n) is 4.72. The van der Waals surface area contributed by atoms with Crippen LogP contribution in [-0.2, 0) is 15.8 Å². The standard InChI is InChI=1S/C25H24F3NO3/c1-24(2)13-20-23(21(30)14-24)17(15-8-10-16(32-3)11-9-15)12-22(31)29(20)19-7-5-4-6-18(19)25(26,27)28/h4-11,17H,12-14H2,1-3H3. The van der Waals surface area contributed by atoms with Crippen LogP contribution in [-0.4, -0.2) is 18.8 Å². The van der Waals surface area contributed by atoms with Gasteiger partial charge in [0.05, 0.1) is 18.4 Å². The second kappa shape index (κ2) is 7.80. The first kappa shape index (κ1) is 22.1. The molecule has 0 aromatic heterocycles. The number of allylic oxidation sites excluding steroid dienone is 2. The number of rotatable bonds is 3. The molecule has 7 heteroatoms. The largest absolute Gasteiger partial charge is 0.497 e. The Morgan fingerprint density at radius 3 is 2.28 bits per heavy atom. The normalized spacial score (nSPS) is 20.9. The van der Waals surface area contributed by atoms with Gasteiger partial charge in [-0.15, -0.1) is 0 Å². The lowest BCUT2D eigenvalue weighted by Gasteiger charge is -2.43. The summed E-state index contributed by atoms with van der Waals surface area (Å²) < 4.78 is 46.5. The fraction of sp³-hybridized carbons (Fsp3) is 0.360. The maximum atomic E-state index is 13.8. The van der Waals surface area contributed by atoms with Crippen molar-refractivity contribution in [1.82, 2.24) is 0 Å². The van der Waals surface area contributed by atoms with Crippen LogP contribution < -0.4 is 9.64 Å². The van der Waals surface area contributed by atoms with E-state index in [9.17, 15) is 22.8 Å². The molecule has 4 rings (SSSR count). The molecule has 32 heavy (non-hydrogen) atoms. The number of halogens is 3. The van der Waals surface area contributed by atoms with Crippen molar-refractivity contribution in [3.05, 3.63) is 70.9 Å². The summed E-state index contributed by atoms with van der Waals surface area (Å²) >= 11 is 0. The third-order valence-electron chi connectivity index (χ3n) is 6.11. The lowest BCUT2D eigenvalue weighted by Crippen LogP contribution is -2.44. The molecule has 0 radical (unpaired) electrons. The van der Waals surface area contributed by atoms with Gasteiger partial charge < -0.3 is 4.74 Å². The summed E-state index contributed by atoms with van der Waals surface area (Å²) in [7, 11) is 1.54. The van der Waals surface area contributed by atoms with Crippen molar-refractivity contribution >= 4 is 17.4 Å². The number of benzene rings is 2. The molecule has 2 aromatic carbocycles. The highest BCUT2D eigenvalue weighted by molar-refractivity contribution is 6.08. The number of ether oxygens (including phenoxy) is 1. The number of ketones is 1. The Labute approximate surface area is 184 Å². The molecule has 0 saturated carbocycles. The van der Waals surface area contributed by atoms with Crippen molar-refractivity contribution in [1.29, 1.82) is 0 Å². The molecule has 1 aliphatic carbocycles. The van der Waals surface area contributed by atoms with E-state index in [0.29, 0.717) is 23.4 Å². The quantitative estimate of drug-likeness (QED) is 0.595. The second-order valence-electron chi connectivity index (χ2n) is 9.08. The molecular formula is C25H24F3NO3. The van der Waals surface area contributed by atoms with Gasteiger partial charge in [-0.25, -0.2) is 0 Å². The molecule has 1 unspecified atom stereocenters. The van der Waals surface area contributed by atoms with E-state index < -0.39 is 29.0 Å². The van der Waals surface area contributed by atoms with Gasteiger partial charge in [0.25, 0.3) is 0 Å². The number of carbonyl (C=O) groups is 2. The van der Waals surface area contributed by atoms with Gasteiger partial charge >= 0.3 is 6.18 Å². The maximum Gasteiger partial charge on any atom is 0.418 e. The van der Waals surface area contributed by atoms with Gasteiger partial charge in [-0.05, 0) is 41.7 Å². The summed E-state index contributed by atoms with van der Waals surface area (Å²) in [4.78, 5) is 27.8. The van der Waals surface area contributed by atoms with Crippen LogP contribution in [0.5, 0.6) is 5.75 Å². The number of alkyl halides is 3. The number of carbonyl (C=O) groups excluding carboxylic acids is 2. The SMILES string of the molecule is COc1ccc(C2CC(=O)N(c3ccccc3C(F)(F)F)C3=C2C(=O)CC(C)(C)C3)cc1. The first-order valence-electron chi connectivity index (χ1n) is 10.4. The smallest absolute Gasteiger partial charge is 0.418 e. The minimum absolute atomic E-state index is 0.0798. The number of anilines is 1. The third kappa shape index (κ3) is 3.92. The van der Waals surface area contributed by atoms with E-state index in [0.717, 1.165) is 16.5 Å². The van der Waals surface area contributed by atoms with E-state index in [-0.39, 0.29) is 24.3 Å². The van der Waals surface area contributed by atoms with E-state index in [2.05, 4.69) is 0 Å². The van der Waals surface area contributed by atoms with Gasteiger partial charge in [-0.3, -0.25) is 14.5 Å². The van der Waals surface area contributed by atoms with Crippen LogP contribution in [0.2, 0.25) is 0 Å². The van der Waals surface area contributed by atoms with Crippen LogP contribution in [0.3, 0.4) is 0 Å². The van der Waals surface area contributed by atoms with Crippen LogP contribution in [0.4, 0.5) is 18.9 Å². The van der Waals surface area contributed by atoms with Crippen molar-refractivity contribution < 1.29 is 27.5 Å². The molecule has 0 spiro atoms. The highest BCUT2D eigenvalue weighted by Gasteiger charge is 2.46. The van der Waals surface area contributed by atoms with Crippen molar-refractivity contribution in [2.24, 2.45) is 5.41 Å². The van der Waals surface area contributed by atoms with E-state index in [4.69, 9.17) is 4.74 Å². The number of methoxy groups -OCH3 is 1. The molecule has 168 valence electrons. The number of amides is 1. The van der Waals surface area contributed by atoms with Gasteiger partial charge in [-0.1, -0.05) is 38.1 Å². The summed E-state index contributed by atoms with van der Waals surface area (Å²) in [6.07, 6.45) is -4.09. The van der Waals surface area contributed by atoms with Crippen molar-refractivity contribution in [3.63, 3.8) is 0 Å². The van der Waals surface area contributed by atoms with Gasteiger partial charge in [-0.2, -0.15) is 13.2 Å². The number of para-hydroxylation sites is 1. The molecular weight excluding hydrogens is 419 g/mol. The van der Waals surface area contributed by atoms with Crippen molar-refractivity contribution in [2.45, 2.75) is 45.2 Å². The van der Waals surface area contributed by atoms with Crippen molar-refractivity contribution in [3.8, 4) is 5.75 Å². The predicted octanol–water partition coefficient (Wildman–Crippen LogP) is 5.88. The lowest BCUT2D eigenvalue weighted by atomic mass is 9.69. The number of hydrogen-bond acceptors (Lipinski definition) is 3. The second-order valence-corrected chi connectivity index (χ2v) is 9.08. The zero-order valence-electron chi connectivity index (χ0n) is 18.1. The van der Waals surface area contributed by atoms with E-state index in [1.165, 1.54) is 18.2 Å². The number of nitrogens with zero attached hydrogens (tertiary/aromatic N) is 1. The molecule has 1 atom stereocenters. The van der Waals surface area contributed by atoms with E-state index in [1.807, 2.05) is 13.8 Å². The first-order valence-corrected chi connectivity index (χ1v) is 10.4. The number of hydrogen-bond donors (Lipinski definition) is 0. The molecule has 1 heterocycles. The summed E-state index contributed by atoms with van der Waals surface area (Å²) in [5, 5.41) is 0. The summed E-state index contributed by atoms with van der Waals surface area (Å²) in [6.45, 7) is 3.79. The molecule has 2 aliphatic rings. The molecule has 4 nitrogen and oxygen atoms in total. The van der Waals surface area contributed by atoms with Crippen LogP contribution >= 0.6 is 0 Å². The maximum absolute atomic E-state index is 13.8. The molecule has 0 bridgehead atoms. The van der Waals surface area contributed by atoms with Crippen LogP contribution in [0.15, 0.2) is 59.8 Å². The Morgan fingerprint density at radius 1 is 1.00 bits per heavy atom. The Hall–Kier alpha value is -3.09. The summed E-state index contributed by atoms with van der Waals surface area (Å²) in [6, 6.07) is 12.1. The van der Waals surface area contributed by atoms with Gasteiger partial charge in [0.2, 0.25) is 5.91 Å².